The Hall–Kier alpha value is -1.45. The fourth-order valence-electron chi connectivity index (χ4n) is 1.11. The highest BCUT2D eigenvalue weighted by molar-refractivity contribution is 5.72. The summed E-state index contributed by atoms with van der Waals surface area (Å²) in [7, 11) is 0. The van der Waals surface area contributed by atoms with E-state index < -0.39 is 11.8 Å². The first-order valence-corrected chi connectivity index (χ1v) is 4.40. The number of carbonyl (C=O) groups is 1. The first kappa shape index (κ1) is 10.6. The zero-order chi connectivity index (χ0) is 10.6. The van der Waals surface area contributed by atoms with Gasteiger partial charge in [-0.3, -0.25) is 9.78 Å². The number of halogens is 1. The highest BCUT2D eigenvalue weighted by Crippen LogP contribution is 2.10. The molecule has 0 aliphatic rings. The van der Waals surface area contributed by atoms with E-state index in [4.69, 9.17) is 4.74 Å². The van der Waals surface area contributed by atoms with Crippen LogP contribution < -0.4 is 0 Å². The highest BCUT2D eigenvalue weighted by atomic mass is 19.1. The normalized spacial score (nSPS) is 9.93. The monoisotopic (exact) mass is 197 g/mol. The minimum absolute atomic E-state index is 0.0387. The van der Waals surface area contributed by atoms with Crippen LogP contribution in [-0.2, 0) is 16.0 Å². The van der Waals surface area contributed by atoms with Gasteiger partial charge in [0.15, 0.2) is 0 Å². The van der Waals surface area contributed by atoms with E-state index in [0.29, 0.717) is 17.9 Å². The maximum Gasteiger partial charge on any atom is 0.310 e. The van der Waals surface area contributed by atoms with Crippen molar-refractivity contribution < 1.29 is 13.9 Å². The number of hydrogen-bond acceptors (Lipinski definition) is 3. The van der Waals surface area contributed by atoms with Crippen molar-refractivity contribution in [2.45, 2.75) is 20.3 Å². The molecule has 0 amide bonds. The average molecular weight is 197 g/mol. The Morgan fingerprint density at radius 3 is 3.00 bits per heavy atom. The lowest BCUT2D eigenvalue weighted by molar-refractivity contribution is -0.142. The molecule has 0 aliphatic heterocycles. The topological polar surface area (TPSA) is 39.2 Å². The summed E-state index contributed by atoms with van der Waals surface area (Å²) in [6.07, 6.45) is 1.44. The third-order valence-electron chi connectivity index (χ3n) is 1.78. The Morgan fingerprint density at radius 2 is 2.36 bits per heavy atom. The molecule has 0 fully saturated rings. The van der Waals surface area contributed by atoms with Crippen molar-refractivity contribution >= 4 is 5.97 Å². The predicted octanol–water partition coefficient (Wildman–Crippen LogP) is 1.63. The summed E-state index contributed by atoms with van der Waals surface area (Å²) in [6, 6.07) is 1.49. The lowest BCUT2D eigenvalue weighted by Gasteiger charge is -2.04. The summed E-state index contributed by atoms with van der Waals surface area (Å²) < 4.78 is 18.0. The Balaban J connectivity index is 2.76. The molecule has 0 radical (unpaired) electrons. The maximum absolute atomic E-state index is 13.3. The molecule has 0 unspecified atom stereocenters. The van der Waals surface area contributed by atoms with Crippen LogP contribution in [0.15, 0.2) is 12.3 Å². The van der Waals surface area contributed by atoms with Crippen LogP contribution in [0.1, 0.15) is 18.2 Å². The molecule has 3 nitrogen and oxygen atoms in total. The van der Waals surface area contributed by atoms with Crippen molar-refractivity contribution in [1.29, 1.82) is 0 Å². The number of nitrogens with zero attached hydrogens (tertiary/aromatic N) is 1. The van der Waals surface area contributed by atoms with Crippen LogP contribution in [0, 0.1) is 12.7 Å². The number of carbonyl (C=O) groups excluding carboxylic acids is 1. The lowest BCUT2D eigenvalue weighted by Crippen LogP contribution is -2.09. The predicted molar refractivity (Wildman–Crippen MR) is 49.3 cm³/mol. The average Bonchev–Trinajstić information content (AvgIpc) is 2.13. The van der Waals surface area contributed by atoms with Crippen LogP contribution >= 0.6 is 0 Å². The molecule has 1 heterocycles. The third-order valence-corrected chi connectivity index (χ3v) is 1.78. The van der Waals surface area contributed by atoms with E-state index in [1.165, 1.54) is 12.3 Å². The van der Waals surface area contributed by atoms with E-state index in [0.717, 1.165) is 0 Å². The van der Waals surface area contributed by atoms with Gasteiger partial charge in [-0.1, -0.05) is 0 Å². The van der Waals surface area contributed by atoms with E-state index >= 15 is 0 Å². The van der Waals surface area contributed by atoms with Crippen molar-refractivity contribution in [2.75, 3.05) is 6.61 Å². The number of hydrogen-bond donors (Lipinski definition) is 0. The van der Waals surface area contributed by atoms with Crippen LogP contribution in [0.5, 0.6) is 0 Å². The van der Waals surface area contributed by atoms with Gasteiger partial charge in [-0.15, -0.1) is 0 Å². The molecule has 0 aromatic carbocycles. The summed E-state index contributed by atoms with van der Waals surface area (Å²) in [4.78, 5) is 14.8. The molecule has 1 rings (SSSR count). The first-order chi connectivity index (χ1) is 6.65. The summed E-state index contributed by atoms with van der Waals surface area (Å²) in [5, 5.41) is 0. The summed E-state index contributed by atoms with van der Waals surface area (Å²) >= 11 is 0. The highest BCUT2D eigenvalue weighted by Gasteiger charge is 2.10. The molecule has 14 heavy (non-hydrogen) atoms. The van der Waals surface area contributed by atoms with E-state index in [2.05, 4.69) is 4.98 Å². The summed E-state index contributed by atoms with van der Waals surface area (Å²) in [5.41, 5.74) is 0.628. The quantitative estimate of drug-likeness (QED) is 0.691. The Bertz CT molecular complexity index is 339. The summed E-state index contributed by atoms with van der Waals surface area (Å²) in [6.45, 7) is 3.58. The molecule has 76 valence electrons. The molecule has 0 N–H and O–H groups in total. The second-order valence-electron chi connectivity index (χ2n) is 2.85. The van der Waals surface area contributed by atoms with Crippen LogP contribution in [0.4, 0.5) is 4.39 Å². The number of aromatic nitrogens is 1. The van der Waals surface area contributed by atoms with Gasteiger partial charge in [-0.2, -0.15) is 0 Å². The first-order valence-electron chi connectivity index (χ1n) is 4.40. The van der Waals surface area contributed by atoms with Gasteiger partial charge >= 0.3 is 5.97 Å². The van der Waals surface area contributed by atoms with Crippen molar-refractivity contribution in [3.63, 3.8) is 0 Å². The molecule has 0 aliphatic carbocycles. The van der Waals surface area contributed by atoms with Gasteiger partial charge in [0.25, 0.3) is 0 Å². The molecule has 0 spiro atoms. The molecule has 1 aromatic heterocycles. The van der Waals surface area contributed by atoms with Gasteiger partial charge in [-0.05, 0) is 19.9 Å². The lowest BCUT2D eigenvalue weighted by atomic mass is 10.1. The fraction of sp³-hybridized carbons (Fsp3) is 0.400. The van der Waals surface area contributed by atoms with E-state index in [1.807, 2.05) is 0 Å². The van der Waals surface area contributed by atoms with Crippen molar-refractivity contribution in [3.05, 3.63) is 29.3 Å². The second kappa shape index (κ2) is 4.69. The van der Waals surface area contributed by atoms with Crippen molar-refractivity contribution in [1.82, 2.24) is 4.98 Å². The summed E-state index contributed by atoms with van der Waals surface area (Å²) in [5.74, 6) is -0.849. The van der Waals surface area contributed by atoms with Crippen LogP contribution in [0.2, 0.25) is 0 Å². The number of pyridine rings is 1. The van der Waals surface area contributed by atoms with Crippen LogP contribution in [0.25, 0.3) is 0 Å². The minimum atomic E-state index is -0.430. The van der Waals surface area contributed by atoms with Crippen molar-refractivity contribution in [3.8, 4) is 0 Å². The number of aryl methyl sites for hydroxylation is 1. The molecule has 4 heteroatoms. The zero-order valence-corrected chi connectivity index (χ0v) is 8.21. The molecule has 0 atom stereocenters. The number of rotatable bonds is 3. The Kier molecular flexibility index (Phi) is 3.56. The molecule has 0 bridgehead atoms. The van der Waals surface area contributed by atoms with E-state index in [9.17, 15) is 9.18 Å². The van der Waals surface area contributed by atoms with E-state index in [-0.39, 0.29) is 6.42 Å². The van der Waals surface area contributed by atoms with Gasteiger partial charge in [0.05, 0.1) is 18.7 Å². The zero-order valence-electron chi connectivity index (χ0n) is 8.21. The standard InChI is InChI=1S/C10H12FNO2/c1-3-14-9(13)6-8-4-5-12-7(2)10(8)11/h4-5H,3,6H2,1-2H3. The van der Waals surface area contributed by atoms with Crippen LogP contribution in [0.3, 0.4) is 0 Å². The van der Waals surface area contributed by atoms with Crippen molar-refractivity contribution in [2.24, 2.45) is 0 Å². The van der Waals surface area contributed by atoms with Gasteiger partial charge < -0.3 is 4.74 Å². The van der Waals surface area contributed by atoms with Gasteiger partial charge in [0.1, 0.15) is 5.82 Å². The second-order valence-corrected chi connectivity index (χ2v) is 2.85. The van der Waals surface area contributed by atoms with Gasteiger partial charge in [0, 0.05) is 11.8 Å². The molecule has 1 aromatic rings. The van der Waals surface area contributed by atoms with E-state index in [1.54, 1.807) is 13.8 Å². The molecule has 0 saturated carbocycles. The minimum Gasteiger partial charge on any atom is -0.466 e. The Labute approximate surface area is 81.9 Å². The van der Waals surface area contributed by atoms with Gasteiger partial charge in [-0.25, -0.2) is 4.39 Å². The molecule has 0 saturated heterocycles. The maximum atomic E-state index is 13.3. The van der Waals surface area contributed by atoms with Gasteiger partial charge in [0.2, 0.25) is 0 Å². The third kappa shape index (κ3) is 2.52. The smallest absolute Gasteiger partial charge is 0.310 e. The fourth-order valence-corrected chi connectivity index (χ4v) is 1.11. The molecular weight excluding hydrogens is 185 g/mol. The molecular formula is C10H12FNO2. The SMILES string of the molecule is CCOC(=O)Cc1ccnc(C)c1F. The Morgan fingerprint density at radius 1 is 1.64 bits per heavy atom. The number of ether oxygens (including phenoxy) is 1. The largest absolute Gasteiger partial charge is 0.466 e. The number of esters is 1. The van der Waals surface area contributed by atoms with Crippen LogP contribution in [-0.4, -0.2) is 17.6 Å².